The molecule has 1 saturated carbocycles. The third kappa shape index (κ3) is 4.68. The minimum atomic E-state index is -4.68. The fourth-order valence-corrected chi connectivity index (χ4v) is 6.15. The van der Waals surface area contributed by atoms with Crippen LogP contribution in [-0.2, 0) is 10.7 Å². The molecule has 0 saturated heterocycles. The van der Waals surface area contributed by atoms with Gasteiger partial charge in [0, 0.05) is 34.9 Å². The first kappa shape index (κ1) is 24.2. The molecule has 3 aromatic rings. The fourth-order valence-electron chi connectivity index (χ4n) is 4.72. The predicted octanol–water partition coefficient (Wildman–Crippen LogP) is 4.84. The van der Waals surface area contributed by atoms with Crippen LogP contribution >= 0.6 is 7.14 Å². The maximum absolute atomic E-state index is 13.9. The fraction of sp³-hybridized carbons (Fsp3) is 0.435. The van der Waals surface area contributed by atoms with Crippen molar-refractivity contribution in [2.24, 2.45) is 5.73 Å². The Morgan fingerprint density at radius 3 is 2.71 bits per heavy atom. The van der Waals surface area contributed by atoms with Gasteiger partial charge in [-0.25, -0.2) is 9.97 Å². The number of hydrogen-bond donors (Lipinski definition) is 3. The molecule has 0 unspecified atom stereocenters. The number of nitriles is 1. The second kappa shape index (κ2) is 8.40. The Balaban J connectivity index is 1.85. The van der Waals surface area contributed by atoms with E-state index >= 15 is 0 Å². The number of alkyl halides is 3. The van der Waals surface area contributed by atoms with Gasteiger partial charge in [0.2, 0.25) is 5.95 Å². The molecule has 1 aliphatic rings. The summed E-state index contributed by atoms with van der Waals surface area (Å²) in [4.78, 5) is 11.2. The zero-order chi connectivity index (χ0) is 24.9. The van der Waals surface area contributed by atoms with Gasteiger partial charge in [-0.3, -0.25) is 0 Å². The summed E-state index contributed by atoms with van der Waals surface area (Å²) < 4.78 is 54.6. The number of aromatic nitrogens is 3. The number of rotatable bonds is 4. The van der Waals surface area contributed by atoms with Gasteiger partial charge < -0.3 is 20.6 Å². The third-order valence-electron chi connectivity index (χ3n) is 6.18. The Hall–Kier alpha value is -2.89. The van der Waals surface area contributed by atoms with E-state index in [2.05, 4.69) is 20.3 Å². The SMILES string of the molecule is C[C@@]1(N)CCC[C@H](Nc2ncc(C(F)(F)F)c(-c3c[nH]c4c(P(C)(C)=O)c(C#N)ccc34)n2)C1. The van der Waals surface area contributed by atoms with E-state index in [9.17, 15) is 23.0 Å². The summed E-state index contributed by atoms with van der Waals surface area (Å²) >= 11 is 0. The van der Waals surface area contributed by atoms with Crippen LogP contribution in [0, 0.1) is 11.3 Å². The van der Waals surface area contributed by atoms with Crippen LogP contribution in [0.25, 0.3) is 22.2 Å². The Kier molecular flexibility index (Phi) is 5.99. The molecule has 2 atom stereocenters. The van der Waals surface area contributed by atoms with Crippen molar-refractivity contribution in [2.45, 2.75) is 50.4 Å². The molecule has 0 spiro atoms. The number of nitrogens with two attached hydrogens (primary N) is 1. The number of nitrogens with zero attached hydrogens (tertiary/aromatic N) is 3. The van der Waals surface area contributed by atoms with Gasteiger partial charge in [-0.2, -0.15) is 18.4 Å². The van der Waals surface area contributed by atoms with Crippen LogP contribution in [-0.4, -0.2) is 39.9 Å². The first-order chi connectivity index (χ1) is 15.8. The van der Waals surface area contributed by atoms with E-state index < -0.39 is 18.9 Å². The Bertz CT molecular complexity index is 1330. The molecule has 2 heterocycles. The number of aromatic amines is 1. The predicted molar refractivity (Wildman–Crippen MR) is 127 cm³/mol. The molecule has 4 rings (SSSR count). The van der Waals surface area contributed by atoms with Crippen molar-refractivity contribution in [3.63, 3.8) is 0 Å². The van der Waals surface area contributed by atoms with Crippen LogP contribution in [0.1, 0.15) is 43.7 Å². The van der Waals surface area contributed by atoms with Gasteiger partial charge in [0.25, 0.3) is 0 Å². The average Bonchev–Trinajstić information content (AvgIpc) is 3.14. The highest BCUT2D eigenvalue weighted by Crippen LogP contribution is 2.43. The lowest BCUT2D eigenvalue weighted by atomic mass is 9.81. The first-order valence-electron chi connectivity index (χ1n) is 10.9. The summed E-state index contributed by atoms with van der Waals surface area (Å²) in [6, 6.07) is 5.00. The van der Waals surface area contributed by atoms with E-state index in [0.717, 1.165) is 25.5 Å². The Morgan fingerprint density at radius 2 is 2.09 bits per heavy atom. The van der Waals surface area contributed by atoms with E-state index in [4.69, 9.17) is 5.73 Å². The van der Waals surface area contributed by atoms with Gasteiger partial charge in [-0.05, 0) is 52.0 Å². The minimum Gasteiger partial charge on any atom is -0.360 e. The lowest BCUT2D eigenvalue weighted by Gasteiger charge is -2.35. The van der Waals surface area contributed by atoms with Crippen LogP contribution in [0.15, 0.2) is 24.5 Å². The molecule has 34 heavy (non-hydrogen) atoms. The van der Waals surface area contributed by atoms with Gasteiger partial charge in [-0.15, -0.1) is 0 Å². The molecule has 180 valence electrons. The van der Waals surface area contributed by atoms with Crippen molar-refractivity contribution in [2.75, 3.05) is 18.6 Å². The molecule has 2 aromatic heterocycles. The highest BCUT2D eigenvalue weighted by Gasteiger charge is 2.37. The molecular formula is C23H26F3N6OP. The van der Waals surface area contributed by atoms with E-state index in [-0.39, 0.29) is 34.3 Å². The van der Waals surface area contributed by atoms with Crippen molar-refractivity contribution < 1.29 is 17.7 Å². The molecule has 0 bridgehead atoms. The standard InChI is InChI=1S/C23H26F3N6OP/c1-22(28)8-4-5-14(9-22)31-21-30-12-17(23(24,25)26)18(32-21)16-11-29-19-15(16)7-6-13(10-27)20(19)34(2,3)33/h6-7,11-12,14,29H,4-5,8-9,28H2,1-3H3,(H,30,31,32)/t14-,22+/m0/s1. The van der Waals surface area contributed by atoms with Gasteiger partial charge in [-0.1, -0.05) is 6.07 Å². The van der Waals surface area contributed by atoms with E-state index in [1.165, 1.54) is 25.6 Å². The van der Waals surface area contributed by atoms with Gasteiger partial charge in [0.1, 0.15) is 12.7 Å². The molecule has 0 aliphatic heterocycles. The summed E-state index contributed by atoms with van der Waals surface area (Å²) in [5.74, 6) is 0.0885. The summed E-state index contributed by atoms with van der Waals surface area (Å²) in [7, 11) is -2.92. The second-order valence-electron chi connectivity index (χ2n) is 9.59. The highest BCUT2D eigenvalue weighted by molar-refractivity contribution is 7.70. The van der Waals surface area contributed by atoms with Gasteiger partial charge in [0.15, 0.2) is 0 Å². The summed E-state index contributed by atoms with van der Waals surface area (Å²) in [6.45, 7) is 5.00. The molecule has 4 N–H and O–H groups in total. The Labute approximate surface area is 195 Å². The average molecular weight is 490 g/mol. The minimum absolute atomic E-state index is 0.0489. The summed E-state index contributed by atoms with van der Waals surface area (Å²) in [6.07, 6.45) is 0.764. The molecule has 1 fully saturated rings. The highest BCUT2D eigenvalue weighted by atomic mass is 31.2. The third-order valence-corrected chi connectivity index (χ3v) is 7.73. The number of benzene rings is 1. The summed E-state index contributed by atoms with van der Waals surface area (Å²) in [5, 5.41) is 13.3. The van der Waals surface area contributed by atoms with Gasteiger partial charge >= 0.3 is 6.18 Å². The molecule has 0 amide bonds. The number of nitrogens with one attached hydrogen (secondary N) is 2. The van der Waals surface area contributed by atoms with Crippen LogP contribution in [0.4, 0.5) is 19.1 Å². The molecule has 1 aliphatic carbocycles. The topological polar surface area (TPSA) is 120 Å². The zero-order valence-electron chi connectivity index (χ0n) is 19.1. The zero-order valence-corrected chi connectivity index (χ0v) is 20.0. The quantitative estimate of drug-likeness (QED) is 0.451. The molecular weight excluding hydrogens is 464 g/mol. The maximum Gasteiger partial charge on any atom is 0.419 e. The number of halogens is 3. The molecule has 0 radical (unpaired) electrons. The number of anilines is 1. The van der Waals surface area contributed by atoms with Crippen molar-refractivity contribution in [1.29, 1.82) is 5.26 Å². The van der Waals surface area contributed by atoms with Crippen LogP contribution in [0.2, 0.25) is 0 Å². The molecule has 11 heteroatoms. The maximum atomic E-state index is 13.9. The van der Waals surface area contributed by atoms with E-state index in [0.29, 0.717) is 22.6 Å². The van der Waals surface area contributed by atoms with Crippen molar-refractivity contribution in [3.05, 3.63) is 35.7 Å². The Morgan fingerprint density at radius 1 is 1.35 bits per heavy atom. The van der Waals surface area contributed by atoms with Gasteiger partial charge in [0.05, 0.1) is 28.1 Å². The van der Waals surface area contributed by atoms with E-state index in [1.807, 2.05) is 13.0 Å². The van der Waals surface area contributed by atoms with Crippen LogP contribution < -0.4 is 16.4 Å². The lowest BCUT2D eigenvalue weighted by Crippen LogP contribution is -2.45. The molecule has 1 aromatic carbocycles. The number of hydrogen-bond acceptors (Lipinski definition) is 6. The second-order valence-corrected chi connectivity index (χ2v) is 12.7. The van der Waals surface area contributed by atoms with Crippen molar-refractivity contribution >= 4 is 29.3 Å². The largest absolute Gasteiger partial charge is 0.419 e. The lowest BCUT2D eigenvalue weighted by molar-refractivity contribution is -0.137. The molecule has 7 nitrogen and oxygen atoms in total. The number of H-pyrrole nitrogens is 1. The van der Waals surface area contributed by atoms with Crippen molar-refractivity contribution in [1.82, 2.24) is 15.0 Å². The smallest absolute Gasteiger partial charge is 0.360 e. The van der Waals surface area contributed by atoms with E-state index in [1.54, 1.807) is 6.07 Å². The van der Waals surface area contributed by atoms with Crippen LogP contribution in [0.3, 0.4) is 0 Å². The van der Waals surface area contributed by atoms with Crippen LogP contribution in [0.5, 0.6) is 0 Å². The summed E-state index contributed by atoms with van der Waals surface area (Å²) in [5.41, 5.74) is 5.42. The monoisotopic (exact) mass is 490 g/mol. The van der Waals surface area contributed by atoms with Crippen molar-refractivity contribution in [3.8, 4) is 17.3 Å². The number of fused-ring (bicyclic) bond motifs is 1. The first-order valence-corrected chi connectivity index (χ1v) is 13.5. The normalized spacial score (nSPS) is 21.4.